The normalized spacial score (nSPS) is 11.2. The first-order valence-electron chi connectivity index (χ1n) is 2.32. The molecule has 0 saturated carbocycles. The second-order valence-corrected chi connectivity index (χ2v) is 2.61. The fourth-order valence-corrected chi connectivity index (χ4v) is 1.08. The summed E-state index contributed by atoms with van der Waals surface area (Å²) in [6, 6.07) is 0. The Labute approximate surface area is 70.7 Å². The van der Waals surface area contributed by atoms with E-state index in [9.17, 15) is 0 Å². The van der Waals surface area contributed by atoms with E-state index in [0.29, 0.717) is 11.3 Å². The van der Waals surface area contributed by atoms with E-state index in [0.717, 1.165) is 0 Å². The maximum atomic E-state index is 6.84. The Morgan fingerprint density at radius 2 is 2.22 bits per heavy atom. The molecule has 0 aromatic carbocycles. The molecule has 52 valence electrons. The third-order valence-electron chi connectivity index (χ3n) is 0.479. The molecule has 0 atom stereocenters. The van der Waals surface area contributed by atoms with Crippen LogP contribution in [0.15, 0.2) is 4.99 Å². The molecule has 0 rings (SSSR count). The molecule has 3 nitrogen and oxygen atoms in total. The van der Waals surface area contributed by atoms with Crippen LogP contribution < -0.4 is 0 Å². The summed E-state index contributed by atoms with van der Waals surface area (Å²) in [6.45, 7) is 2.57. The van der Waals surface area contributed by atoms with Gasteiger partial charge in [-0.2, -0.15) is 0 Å². The largest absolute Gasteiger partial charge is 0.460 e. The van der Waals surface area contributed by atoms with Gasteiger partial charge in [-0.1, -0.05) is 29.4 Å². The summed E-state index contributed by atoms with van der Waals surface area (Å²) in [5.41, 5.74) is 0. The SMILES string of the molecule is CC[N-]C(Br)=NC(=N)Br. The van der Waals surface area contributed by atoms with Gasteiger partial charge in [0.05, 0.1) is 4.74 Å². The van der Waals surface area contributed by atoms with Gasteiger partial charge in [-0.05, 0) is 20.7 Å². The zero-order chi connectivity index (χ0) is 7.28. The van der Waals surface area contributed by atoms with E-state index in [-0.39, 0.29) is 4.74 Å². The Kier molecular flexibility index (Phi) is 4.99. The van der Waals surface area contributed by atoms with Gasteiger partial charge in [-0.3, -0.25) is 5.41 Å². The fourth-order valence-electron chi connectivity index (χ4n) is 0.247. The van der Waals surface area contributed by atoms with E-state index in [1.807, 2.05) is 6.92 Å². The topological polar surface area (TPSA) is 50.3 Å². The molecule has 0 aliphatic carbocycles. The molecule has 0 radical (unpaired) electrons. The Balaban J connectivity index is 3.69. The van der Waals surface area contributed by atoms with Crippen LogP contribution >= 0.6 is 31.9 Å². The molecule has 0 spiro atoms. The lowest BCUT2D eigenvalue weighted by Gasteiger charge is -2.08. The van der Waals surface area contributed by atoms with Crippen LogP contribution in [-0.4, -0.2) is 16.0 Å². The molecular formula is C4H6Br2N3-. The van der Waals surface area contributed by atoms with E-state index in [2.05, 4.69) is 42.2 Å². The Hall–Kier alpha value is 0.1000. The van der Waals surface area contributed by atoms with Crippen molar-refractivity contribution in [1.82, 2.24) is 0 Å². The van der Waals surface area contributed by atoms with Crippen LogP contribution in [0.5, 0.6) is 0 Å². The van der Waals surface area contributed by atoms with E-state index >= 15 is 0 Å². The number of amidine groups is 2. The minimum absolute atomic E-state index is 0.0755. The molecular weight excluding hydrogens is 250 g/mol. The van der Waals surface area contributed by atoms with Gasteiger partial charge < -0.3 is 10.3 Å². The average Bonchev–Trinajstić information content (AvgIpc) is 1.63. The van der Waals surface area contributed by atoms with Crippen molar-refractivity contribution in [2.75, 3.05) is 6.54 Å². The minimum Gasteiger partial charge on any atom is -0.460 e. The molecule has 0 saturated heterocycles. The van der Waals surface area contributed by atoms with E-state index in [1.165, 1.54) is 0 Å². The number of rotatable bonds is 1. The zero-order valence-electron chi connectivity index (χ0n) is 4.86. The second-order valence-electron chi connectivity index (χ2n) is 1.15. The van der Waals surface area contributed by atoms with Gasteiger partial charge >= 0.3 is 0 Å². The lowest BCUT2D eigenvalue weighted by molar-refractivity contribution is 1.32. The maximum absolute atomic E-state index is 6.84. The summed E-state index contributed by atoms with van der Waals surface area (Å²) >= 11 is 5.90. The van der Waals surface area contributed by atoms with Crippen molar-refractivity contribution >= 4 is 41.3 Å². The molecule has 0 aliphatic heterocycles. The summed E-state index contributed by atoms with van der Waals surface area (Å²) < 4.78 is 0.526. The number of hydrogen-bond acceptors (Lipinski definition) is 1. The molecule has 0 aromatic heterocycles. The molecule has 5 heteroatoms. The second kappa shape index (κ2) is 4.93. The Morgan fingerprint density at radius 1 is 1.67 bits per heavy atom. The Morgan fingerprint density at radius 3 is 2.56 bits per heavy atom. The predicted octanol–water partition coefficient (Wildman–Crippen LogP) is 2.46. The number of aliphatic imine (C=N–C) groups is 1. The van der Waals surface area contributed by atoms with E-state index in [4.69, 9.17) is 5.41 Å². The minimum atomic E-state index is 0.0755. The highest BCUT2D eigenvalue weighted by Gasteiger charge is 1.75. The summed E-state index contributed by atoms with van der Waals surface area (Å²) in [4.78, 5) is 3.63. The van der Waals surface area contributed by atoms with Crippen molar-refractivity contribution in [2.24, 2.45) is 4.99 Å². The summed E-state index contributed by atoms with van der Waals surface area (Å²) in [5.74, 6) is 0. The van der Waals surface area contributed by atoms with Gasteiger partial charge in [0.25, 0.3) is 0 Å². The van der Waals surface area contributed by atoms with Crippen molar-refractivity contribution < 1.29 is 0 Å². The molecule has 0 heterocycles. The van der Waals surface area contributed by atoms with Gasteiger partial charge in [-0.25, -0.2) is 0 Å². The lowest BCUT2D eigenvalue weighted by Crippen LogP contribution is -1.88. The van der Waals surface area contributed by atoms with Crippen LogP contribution in [-0.2, 0) is 0 Å². The Bertz CT molecular complexity index is 132. The van der Waals surface area contributed by atoms with Crippen molar-refractivity contribution in [3.63, 3.8) is 0 Å². The number of nitrogens with one attached hydrogen (secondary N) is 1. The number of nitrogens with zero attached hydrogens (tertiary/aromatic N) is 2. The summed E-state index contributed by atoms with van der Waals surface area (Å²) in [6.07, 6.45) is 0. The quantitative estimate of drug-likeness (QED) is 0.425. The third kappa shape index (κ3) is 5.98. The summed E-state index contributed by atoms with van der Waals surface area (Å²) in [7, 11) is 0. The third-order valence-corrected chi connectivity index (χ3v) is 1.08. The fraction of sp³-hybridized carbons (Fsp3) is 0.500. The van der Waals surface area contributed by atoms with Gasteiger partial charge in [0.1, 0.15) is 0 Å². The smallest absolute Gasteiger partial charge is 0.0863 e. The van der Waals surface area contributed by atoms with Crippen molar-refractivity contribution in [3.8, 4) is 0 Å². The summed E-state index contributed by atoms with van der Waals surface area (Å²) in [5, 5.41) is 10.7. The molecule has 0 bridgehead atoms. The molecule has 1 N–H and O–H groups in total. The highest BCUT2D eigenvalue weighted by Crippen LogP contribution is 2.01. The monoisotopic (exact) mass is 254 g/mol. The first-order valence-corrected chi connectivity index (χ1v) is 3.91. The van der Waals surface area contributed by atoms with Crippen LogP contribution in [0.1, 0.15) is 6.92 Å². The number of halogens is 2. The molecule has 0 aliphatic rings. The van der Waals surface area contributed by atoms with Crippen molar-refractivity contribution in [2.45, 2.75) is 6.92 Å². The zero-order valence-corrected chi connectivity index (χ0v) is 8.03. The van der Waals surface area contributed by atoms with Crippen molar-refractivity contribution in [1.29, 1.82) is 5.41 Å². The first-order chi connectivity index (χ1) is 4.16. The van der Waals surface area contributed by atoms with Crippen LogP contribution in [0.3, 0.4) is 0 Å². The van der Waals surface area contributed by atoms with Gasteiger partial charge in [0.15, 0.2) is 0 Å². The van der Waals surface area contributed by atoms with Crippen LogP contribution in [0.25, 0.3) is 5.32 Å². The van der Waals surface area contributed by atoms with Gasteiger partial charge in [-0.15, -0.1) is 0 Å². The first kappa shape index (κ1) is 9.10. The van der Waals surface area contributed by atoms with Crippen LogP contribution in [0.4, 0.5) is 0 Å². The average molecular weight is 256 g/mol. The molecule has 0 amide bonds. The highest BCUT2D eigenvalue weighted by molar-refractivity contribution is 9.19. The van der Waals surface area contributed by atoms with Gasteiger partial charge in [0, 0.05) is 0 Å². The van der Waals surface area contributed by atoms with E-state index < -0.39 is 0 Å². The number of hydrogen-bond donors (Lipinski definition) is 1. The standard InChI is InChI=1S/C4H6Br2N3/c1-2-8-4(6)9-3(5)7/h2H2,1H3,(H-,7,8,9)/q-1. The molecule has 0 fully saturated rings. The highest BCUT2D eigenvalue weighted by atomic mass is 79.9. The molecule has 0 unspecified atom stereocenters. The van der Waals surface area contributed by atoms with Crippen molar-refractivity contribution in [3.05, 3.63) is 5.32 Å². The van der Waals surface area contributed by atoms with Gasteiger partial charge in [0.2, 0.25) is 0 Å². The predicted molar refractivity (Wildman–Crippen MR) is 46.9 cm³/mol. The maximum Gasteiger partial charge on any atom is 0.0863 e. The molecule has 9 heavy (non-hydrogen) atoms. The van der Waals surface area contributed by atoms with E-state index in [1.54, 1.807) is 0 Å². The lowest BCUT2D eigenvalue weighted by atomic mass is 10.8. The molecule has 0 aromatic rings. The van der Waals surface area contributed by atoms with Crippen LogP contribution in [0.2, 0.25) is 0 Å². The van der Waals surface area contributed by atoms with Crippen LogP contribution in [0, 0.1) is 5.41 Å².